The van der Waals surface area contributed by atoms with E-state index in [4.69, 9.17) is 4.74 Å². The normalized spacial score (nSPS) is 18.2. The van der Waals surface area contributed by atoms with Crippen LogP contribution in [0.15, 0.2) is 48.5 Å². The van der Waals surface area contributed by atoms with Crippen molar-refractivity contribution in [2.75, 3.05) is 20.1 Å². The molecular weight excluding hydrogens is 550 g/mol. The molecule has 5 amide bonds. The van der Waals surface area contributed by atoms with Gasteiger partial charge in [-0.25, -0.2) is 4.79 Å². The van der Waals surface area contributed by atoms with Gasteiger partial charge < -0.3 is 30.5 Å². The Labute approximate surface area is 252 Å². The lowest BCUT2D eigenvalue weighted by Crippen LogP contribution is -2.46. The molecule has 0 aromatic heterocycles. The van der Waals surface area contributed by atoms with E-state index in [-0.39, 0.29) is 36.7 Å². The zero-order valence-corrected chi connectivity index (χ0v) is 25.3. The number of nitrogens with zero attached hydrogens (tertiary/aromatic N) is 2. The Morgan fingerprint density at radius 1 is 0.744 bits per heavy atom. The van der Waals surface area contributed by atoms with Crippen LogP contribution in [-0.4, -0.2) is 77.3 Å². The molecule has 2 saturated heterocycles. The van der Waals surface area contributed by atoms with E-state index in [1.54, 1.807) is 86.1 Å². The van der Waals surface area contributed by atoms with E-state index in [1.165, 1.54) is 0 Å². The first-order chi connectivity index (χ1) is 20.5. The fraction of sp³-hybridized carbons (Fsp3) is 0.469. The van der Waals surface area contributed by atoms with Crippen molar-refractivity contribution >= 4 is 29.7 Å². The summed E-state index contributed by atoms with van der Waals surface area (Å²) in [5, 5.41) is 8.26. The number of hydrogen-bond donors (Lipinski definition) is 3. The summed E-state index contributed by atoms with van der Waals surface area (Å²) in [6.07, 6.45) is 1.95. The Balaban J connectivity index is 1.42. The average Bonchev–Trinajstić information content (AvgIpc) is 3.68. The molecule has 0 saturated carbocycles. The molecule has 11 heteroatoms. The van der Waals surface area contributed by atoms with Gasteiger partial charge in [0.2, 0.25) is 11.8 Å². The molecular formula is C32H41N5O6. The van der Waals surface area contributed by atoms with Crippen LogP contribution in [0.25, 0.3) is 0 Å². The summed E-state index contributed by atoms with van der Waals surface area (Å²) in [4.78, 5) is 68.1. The molecule has 230 valence electrons. The van der Waals surface area contributed by atoms with Crippen molar-refractivity contribution in [3.63, 3.8) is 0 Å². The summed E-state index contributed by atoms with van der Waals surface area (Å²) >= 11 is 0. The van der Waals surface area contributed by atoms with Gasteiger partial charge in [0, 0.05) is 44.4 Å². The molecule has 2 aliphatic heterocycles. The first-order valence-electron chi connectivity index (χ1n) is 14.7. The molecule has 2 aliphatic rings. The summed E-state index contributed by atoms with van der Waals surface area (Å²) in [7, 11) is 1.56. The molecule has 2 heterocycles. The van der Waals surface area contributed by atoms with Gasteiger partial charge in [-0.3, -0.25) is 19.2 Å². The Kier molecular flexibility index (Phi) is 10.1. The summed E-state index contributed by atoms with van der Waals surface area (Å²) < 4.78 is 5.30. The van der Waals surface area contributed by atoms with Crippen molar-refractivity contribution in [1.29, 1.82) is 0 Å². The number of likely N-dealkylation sites (N-methyl/N-ethyl adjacent to an activating group) is 1. The van der Waals surface area contributed by atoms with Gasteiger partial charge in [0.25, 0.3) is 11.8 Å². The fourth-order valence-corrected chi connectivity index (χ4v) is 5.59. The molecule has 0 radical (unpaired) electrons. The SMILES string of the molecule is CNC(=O)[C@@H]1CCCN1C(=O)c1ccccc1CNC(=O)[C@@H]1CCCN1C(=O)c1ccccc1CNC(=O)OC(C)(C)C. The molecule has 0 aliphatic carbocycles. The standard InChI is InChI=1S/C32H41N5O6/c1-32(2,3)43-31(42)35-20-22-12-6-8-14-24(22)30(41)37-18-10-16-26(37)28(39)34-19-21-11-5-7-13-23(21)29(40)36-17-9-15-25(36)27(38)33-4/h5-8,11-14,25-26H,9-10,15-20H2,1-4H3,(H,33,38)(H,34,39)(H,35,42)/t25-,26-/m0/s1. The van der Waals surface area contributed by atoms with E-state index < -0.39 is 23.8 Å². The lowest BCUT2D eigenvalue weighted by molar-refractivity contribution is -0.125. The number of carbonyl (C=O) groups is 5. The first-order valence-corrected chi connectivity index (χ1v) is 14.7. The second-order valence-corrected chi connectivity index (χ2v) is 11.8. The van der Waals surface area contributed by atoms with Gasteiger partial charge in [0.05, 0.1) is 0 Å². The number of benzene rings is 2. The molecule has 0 bridgehead atoms. The van der Waals surface area contributed by atoms with Crippen molar-refractivity contribution in [3.05, 3.63) is 70.8 Å². The predicted molar refractivity (Wildman–Crippen MR) is 160 cm³/mol. The Bertz CT molecular complexity index is 1370. The number of alkyl carbamates (subject to hydrolysis) is 1. The minimum Gasteiger partial charge on any atom is -0.444 e. The van der Waals surface area contributed by atoms with Gasteiger partial charge in [0.15, 0.2) is 0 Å². The maximum absolute atomic E-state index is 13.7. The maximum atomic E-state index is 13.7. The third-order valence-corrected chi connectivity index (χ3v) is 7.65. The highest BCUT2D eigenvalue weighted by molar-refractivity contribution is 6.00. The first kappa shape index (κ1) is 31.5. The monoisotopic (exact) mass is 591 g/mol. The minimum absolute atomic E-state index is 0.101. The van der Waals surface area contributed by atoms with Gasteiger partial charge in [-0.2, -0.15) is 0 Å². The molecule has 2 aromatic rings. The Hall–Kier alpha value is -4.41. The van der Waals surface area contributed by atoms with Crippen molar-refractivity contribution in [3.8, 4) is 0 Å². The molecule has 11 nitrogen and oxygen atoms in total. The van der Waals surface area contributed by atoms with E-state index in [0.717, 1.165) is 6.42 Å². The van der Waals surface area contributed by atoms with E-state index in [0.29, 0.717) is 54.6 Å². The maximum Gasteiger partial charge on any atom is 0.407 e. The second kappa shape index (κ2) is 13.7. The highest BCUT2D eigenvalue weighted by Crippen LogP contribution is 2.24. The van der Waals surface area contributed by atoms with Crippen molar-refractivity contribution in [1.82, 2.24) is 25.8 Å². The predicted octanol–water partition coefficient (Wildman–Crippen LogP) is 2.98. The highest BCUT2D eigenvalue weighted by atomic mass is 16.6. The van der Waals surface area contributed by atoms with Crippen LogP contribution < -0.4 is 16.0 Å². The van der Waals surface area contributed by atoms with Gasteiger partial charge in [0.1, 0.15) is 17.7 Å². The van der Waals surface area contributed by atoms with E-state index in [2.05, 4.69) is 16.0 Å². The van der Waals surface area contributed by atoms with Gasteiger partial charge in [-0.1, -0.05) is 36.4 Å². The second-order valence-electron chi connectivity index (χ2n) is 11.8. The van der Waals surface area contributed by atoms with Crippen LogP contribution in [0.3, 0.4) is 0 Å². The van der Waals surface area contributed by atoms with Gasteiger partial charge in [-0.05, 0) is 69.7 Å². The molecule has 2 aromatic carbocycles. The number of carbonyl (C=O) groups excluding carboxylic acids is 5. The van der Waals surface area contributed by atoms with E-state index in [1.807, 2.05) is 0 Å². The summed E-state index contributed by atoms with van der Waals surface area (Å²) in [5.74, 6) is -1.03. The molecule has 2 fully saturated rings. The van der Waals surface area contributed by atoms with Crippen LogP contribution in [0.1, 0.15) is 78.3 Å². The summed E-state index contributed by atoms with van der Waals surface area (Å²) in [6.45, 7) is 6.44. The topological polar surface area (TPSA) is 137 Å². The van der Waals surface area contributed by atoms with Crippen molar-refractivity contribution < 1.29 is 28.7 Å². The number of amides is 5. The zero-order valence-electron chi connectivity index (χ0n) is 25.3. The Morgan fingerprint density at radius 2 is 1.21 bits per heavy atom. The summed E-state index contributed by atoms with van der Waals surface area (Å²) in [5.41, 5.74) is 1.45. The number of ether oxygens (including phenoxy) is 1. The number of likely N-dealkylation sites (tertiary alicyclic amines) is 2. The molecule has 43 heavy (non-hydrogen) atoms. The zero-order chi connectivity index (χ0) is 31.1. The van der Waals surface area contributed by atoms with Crippen LogP contribution in [0.4, 0.5) is 4.79 Å². The third kappa shape index (κ3) is 7.71. The van der Waals surface area contributed by atoms with Crippen LogP contribution in [0, 0.1) is 0 Å². The Morgan fingerprint density at radius 3 is 1.70 bits per heavy atom. The smallest absolute Gasteiger partial charge is 0.407 e. The van der Waals surface area contributed by atoms with Gasteiger partial charge >= 0.3 is 6.09 Å². The van der Waals surface area contributed by atoms with Crippen LogP contribution in [-0.2, 0) is 27.4 Å². The van der Waals surface area contributed by atoms with Crippen LogP contribution in [0.5, 0.6) is 0 Å². The lowest BCUT2D eigenvalue weighted by atomic mass is 10.0. The molecule has 0 unspecified atom stereocenters. The van der Waals surface area contributed by atoms with Crippen molar-refractivity contribution in [2.24, 2.45) is 0 Å². The quantitative estimate of drug-likeness (QED) is 0.432. The number of rotatable bonds is 8. The fourth-order valence-electron chi connectivity index (χ4n) is 5.59. The highest BCUT2D eigenvalue weighted by Gasteiger charge is 2.36. The summed E-state index contributed by atoms with van der Waals surface area (Å²) in [6, 6.07) is 12.8. The third-order valence-electron chi connectivity index (χ3n) is 7.65. The molecule has 0 spiro atoms. The molecule has 2 atom stereocenters. The molecule has 3 N–H and O–H groups in total. The minimum atomic E-state index is -0.668. The number of hydrogen-bond acceptors (Lipinski definition) is 6. The molecule has 4 rings (SSSR count). The lowest BCUT2D eigenvalue weighted by Gasteiger charge is -2.26. The van der Waals surface area contributed by atoms with E-state index >= 15 is 0 Å². The largest absolute Gasteiger partial charge is 0.444 e. The van der Waals surface area contributed by atoms with Gasteiger partial charge in [-0.15, -0.1) is 0 Å². The van der Waals surface area contributed by atoms with Crippen LogP contribution in [0.2, 0.25) is 0 Å². The van der Waals surface area contributed by atoms with E-state index in [9.17, 15) is 24.0 Å². The average molecular weight is 592 g/mol. The van der Waals surface area contributed by atoms with Crippen LogP contribution >= 0.6 is 0 Å². The van der Waals surface area contributed by atoms with Crippen molar-refractivity contribution in [2.45, 2.75) is 77.2 Å². The number of nitrogens with one attached hydrogen (secondary N) is 3.